The van der Waals surface area contributed by atoms with Gasteiger partial charge in [0.15, 0.2) is 6.29 Å². The molecule has 0 radical (unpaired) electrons. The van der Waals surface area contributed by atoms with E-state index in [1.165, 1.54) is 0 Å². The molecule has 0 aliphatic carbocycles. The molecule has 188 valence electrons. The van der Waals surface area contributed by atoms with E-state index in [4.69, 9.17) is 19.0 Å². The highest BCUT2D eigenvalue weighted by Gasteiger charge is 2.16. The summed E-state index contributed by atoms with van der Waals surface area (Å²) in [4.78, 5) is 0. The Labute approximate surface area is 216 Å². The van der Waals surface area contributed by atoms with E-state index in [1.54, 1.807) is 6.08 Å². The first kappa shape index (κ1) is 27.1. The fourth-order valence-electron chi connectivity index (χ4n) is 3.57. The summed E-state index contributed by atoms with van der Waals surface area (Å²) in [5.41, 5.74) is 5.36. The van der Waals surface area contributed by atoms with Crippen LogP contribution in [0.4, 0.5) is 0 Å². The maximum atomic E-state index is 8.93. The molecular formula is C31H36O4Si. The molecule has 3 rings (SSSR count). The Morgan fingerprint density at radius 3 is 1.86 bits per heavy atom. The summed E-state index contributed by atoms with van der Waals surface area (Å²) in [5.74, 6) is 1.62. The van der Waals surface area contributed by atoms with Crippen LogP contribution in [0.15, 0.2) is 90.9 Å². The highest BCUT2D eigenvalue weighted by molar-refractivity contribution is 6.70. The fourth-order valence-corrected chi connectivity index (χ4v) is 4.40. The van der Waals surface area contributed by atoms with Crippen LogP contribution in [0.1, 0.15) is 30.5 Å². The standard InChI is InChI=1S/C31H36O4Si/c1-6-33-24(2)34-30-18-11-25(12-19-30)13-20-31(35-36(3,4)5)23-27-9-16-29(17-10-27)28-14-7-26(8-15-28)21-22-32/h7-24,32H,6H2,1-5H3. The van der Waals surface area contributed by atoms with Crippen LogP contribution in [0.2, 0.25) is 19.6 Å². The van der Waals surface area contributed by atoms with Gasteiger partial charge in [-0.05, 0) is 91.7 Å². The Balaban J connectivity index is 1.75. The highest BCUT2D eigenvalue weighted by atomic mass is 28.4. The lowest BCUT2D eigenvalue weighted by molar-refractivity contribution is -0.0613. The monoisotopic (exact) mass is 500 g/mol. The van der Waals surface area contributed by atoms with Gasteiger partial charge in [0.05, 0.1) is 6.26 Å². The van der Waals surface area contributed by atoms with E-state index in [2.05, 4.69) is 68.2 Å². The van der Waals surface area contributed by atoms with E-state index in [-0.39, 0.29) is 6.29 Å². The molecule has 0 spiro atoms. The number of aliphatic hydroxyl groups is 1. The van der Waals surface area contributed by atoms with E-state index in [9.17, 15) is 0 Å². The van der Waals surface area contributed by atoms with E-state index >= 15 is 0 Å². The molecule has 0 fully saturated rings. The van der Waals surface area contributed by atoms with Crippen LogP contribution < -0.4 is 4.74 Å². The second kappa shape index (κ2) is 13.0. The van der Waals surface area contributed by atoms with Gasteiger partial charge >= 0.3 is 0 Å². The first-order valence-electron chi connectivity index (χ1n) is 12.2. The van der Waals surface area contributed by atoms with Gasteiger partial charge in [0.25, 0.3) is 0 Å². The van der Waals surface area contributed by atoms with Gasteiger partial charge in [-0.15, -0.1) is 0 Å². The second-order valence-corrected chi connectivity index (χ2v) is 13.8. The van der Waals surface area contributed by atoms with Crippen LogP contribution in [0, 0.1) is 0 Å². The Morgan fingerprint density at radius 2 is 1.33 bits per heavy atom. The van der Waals surface area contributed by atoms with Crippen molar-refractivity contribution in [3.63, 3.8) is 0 Å². The van der Waals surface area contributed by atoms with Crippen molar-refractivity contribution in [3.05, 3.63) is 108 Å². The largest absolute Gasteiger partial charge is 0.544 e. The summed E-state index contributed by atoms with van der Waals surface area (Å²) in [6.07, 6.45) is 8.60. The maximum absolute atomic E-state index is 8.93. The van der Waals surface area contributed by atoms with Gasteiger partial charge in [0.1, 0.15) is 11.5 Å². The smallest absolute Gasteiger partial charge is 0.242 e. The van der Waals surface area contributed by atoms with Crippen molar-refractivity contribution >= 4 is 26.5 Å². The number of hydrogen-bond acceptors (Lipinski definition) is 4. The van der Waals surface area contributed by atoms with Crippen molar-refractivity contribution in [1.29, 1.82) is 0 Å². The lowest BCUT2D eigenvalue weighted by Crippen LogP contribution is -2.24. The van der Waals surface area contributed by atoms with Crippen LogP contribution in [0.5, 0.6) is 5.75 Å². The quantitative estimate of drug-likeness (QED) is 0.124. The summed E-state index contributed by atoms with van der Waals surface area (Å²) >= 11 is 0. The molecule has 3 aromatic carbocycles. The SMILES string of the molecule is CCOC(C)Oc1ccc(C=CC(=Cc2ccc(-c3ccc(C=CO)cc3)cc2)O[Si](C)(C)C)cc1. The van der Waals surface area contributed by atoms with Gasteiger partial charge in [-0.1, -0.05) is 66.7 Å². The summed E-state index contributed by atoms with van der Waals surface area (Å²) in [6.45, 7) is 11.0. The summed E-state index contributed by atoms with van der Waals surface area (Å²) in [5, 5.41) is 8.93. The van der Waals surface area contributed by atoms with Crippen molar-refractivity contribution < 1.29 is 19.0 Å². The fraction of sp³-hybridized carbons (Fsp3) is 0.226. The van der Waals surface area contributed by atoms with E-state index in [0.29, 0.717) is 6.61 Å². The minimum absolute atomic E-state index is 0.273. The van der Waals surface area contributed by atoms with Crippen LogP contribution in [-0.4, -0.2) is 26.3 Å². The van der Waals surface area contributed by atoms with E-state index < -0.39 is 8.32 Å². The molecule has 0 aromatic heterocycles. The van der Waals surface area contributed by atoms with Crippen LogP contribution in [-0.2, 0) is 9.16 Å². The molecule has 3 aromatic rings. The number of aliphatic hydroxyl groups excluding tert-OH is 1. The Bertz CT molecular complexity index is 1170. The zero-order chi connectivity index (χ0) is 26.0. The van der Waals surface area contributed by atoms with Gasteiger partial charge in [-0.3, -0.25) is 0 Å². The van der Waals surface area contributed by atoms with Gasteiger partial charge in [0, 0.05) is 6.61 Å². The van der Waals surface area contributed by atoms with E-state index in [0.717, 1.165) is 45.6 Å². The molecule has 0 aliphatic rings. The Morgan fingerprint density at radius 1 is 0.806 bits per heavy atom. The zero-order valence-electron chi connectivity index (χ0n) is 21.8. The molecule has 5 heteroatoms. The summed E-state index contributed by atoms with van der Waals surface area (Å²) in [7, 11) is -1.80. The molecule has 36 heavy (non-hydrogen) atoms. The topological polar surface area (TPSA) is 47.9 Å². The predicted octanol–water partition coefficient (Wildman–Crippen LogP) is 8.55. The molecule has 0 bridgehead atoms. The van der Waals surface area contributed by atoms with Gasteiger partial charge in [0.2, 0.25) is 8.32 Å². The molecule has 0 aliphatic heterocycles. The van der Waals surface area contributed by atoms with Gasteiger partial charge in [-0.2, -0.15) is 0 Å². The van der Waals surface area contributed by atoms with Crippen LogP contribution in [0.25, 0.3) is 29.4 Å². The first-order valence-corrected chi connectivity index (χ1v) is 15.6. The molecule has 4 nitrogen and oxygen atoms in total. The Kier molecular flexibility index (Phi) is 9.74. The first-order chi connectivity index (χ1) is 17.3. The molecule has 0 heterocycles. The van der Waals surface area contributed by atoms with Crippen LogP contribution in [0.3, 0.4) is 0 Å². The minimum Gasteiger partial charge on any atom is -0.544 e. The normalized spacial score (nSPS) is 13.3. The number of hydrogen-bond donors (Lipinski definition) is 1. The maximum Gasteiger partial charge on any atom is 0.242 e. The number of ether oxygens (including phenoxy) is 2. The minimum atomic E-state index is -1.80. The van der Waals surface area contributed by atoms with Crippen molar-refractivity contribution in [2.45, 2.75) is 39.8 Å². The molecule has 0 amide bonds. The third-order valence-corrected chi connectivity index (χ3v) is 6.03. The molecule has 1 N–H and O–H groups in total. The van der Waals surface area contributed by atoms with Gasteiger partial charge in [-0.25, -0.2) is 0 Å². The average Bonchev–Trinajstić information content (AvgIpc) is 2.84. The average molecular weight is 501 g/mol. The van der Waals surface area contributed by atoms with Crippen LogP contribution >= 0.6 is 0 Å². The molecule has 0 saturated carbocycles. The van der Waals surface area contributed by atoms with Gasteiger partial charge < -0.3 is 19.0 Å². The summed E-state index contributed by atoms with van der Waals surface area (Å²) in [6, 6.07) is 24.4. The zero-order valence-corrected chi connectivity index (χ0v) is 22.8. The number of benzene rings is 3. The molecule has 0 saturated heterocycles. The van der Waals surface area contributed by atoms with Crippen molar-refractivity contribution in [2.24, 2.45) is 0 Å². The Hall–Kier alpha value is -3.54. The van der Waals surface area contributed by atoms with Crippen molar-refractivity contribution in [1.82, 2.24) is 0 Å². The van der Waals surface area contributed by atoms with Crippen molar-refractivity contribution in [2.75, 3.05) is 6.61 Å². The molecule has 1 atom stereocenters. The molecular weight excluding hydrogens is 464 g/mol. The number of rotatable bonds is 11. The number of allylic oxidation sites excluding steroid dienone is 1. The third kappa shape index (κ3) is 8.91. The lowest BCUT2D eigenvalue weighted by atomic mass is 10.0. The molecule has 1 unspecified atom stereocenters. The highest BCUT2D eigenvalue weighted by Crippen LogP contribution is 2.23. The second-order valence-electron chi connectivity index (χ2n) is 9.36. The predicted molar refractivity (Wildman–Crippen MR) is 153 cm³/mol. The van der Waals surface area contributed by atoms with E-state index in [1.807, 2.05) is 56.3 Å². The van der Waals surface area contributed by atoms with Crippen molar-refractivity contribution in [3.8, 4) is 16.9 Å². The summed E-state index contributed by atoms with van der Waals surface area (Å²) < 4.78 is 17.5. The lowest BCUT2D eigenvalue weighted by Gasteiger charge is -2.20. The third-order valence-electron chi connectivity index (χ3n) is 5.18.